The Bertz CT molecular complexity index is 1030. The molecule has 33 heavy (non-hydrogen) atoms. The molecule has 1 aliphatic rings. The highest BCUT2D eigenvalue weighted by Crippen LogP contribution is 2.34. The van der Waals surface area contributed by atoms with Gasteiger partial charge >= 0.3 is 0 Å². The largest absolute Gasteiger partial charge is 0.351 e. The zero-order valence-electron chi connectivity index (χ0n) is 19.6. The van der Waals surface area contributed by atoms with Crippen LogP contribution in [-0.2, 0) is 20.8 Å². The molecule has 2 aromatic rings. The van der Waals surface area contributed by atoms with E-state index in [0.29, 0.717) is 24.2 Å². The van der Waals surface area contributed by atoms with Crippen LogP contribution in [0.25, 0.3) is 0 Å². The SMILES string of the molecule is C/C=C(\C)CNC(=O)[C@@H]1Cc2ccccc2N1C(=O)[C@@H](NC(=O)[C@H](C)NC)c1ccccc1. The maximum atomic E-state index is 14.0. The van der Waals surface area contributed by atoms with E-state index in [1.54, 1.807) is 26.1 Å². The molecule has 0 bridgehead atoms. The molecule has 0 aromatic heterocycles. The summed E-state index contributed by atoms with van der Waals surface area (Å²) in [5.41, 5.74) is 3.32. The van der Waals surface area contributed by atoms with Crippen LogP contribution in [0.15, 0.2) is 66.2 Å². The van der Waals surface area contributed by atoms with E-state index in [-0.39, 0.29) is 17.7 Å². The number of allylic oxidation sites excluding steroid dienone is 1. The molecule has 0 unspecified atom stereocenters. The highest BCUT2D eigenvalue weighted by molar-refractivity contribution is 6.07. The van der Waals surface area contributed by atoms with Crippen molar-refractivity contribution in [2.45, 2.75) is 45.3 Å². The van der Waals surface area contributed by atoms with Gasteiger partial charge in [0.05, 0.1) is 6.04 Å². The minimum absolute atomic E-state index is 0.220. The number of para-hydroxylation sites is 1. The van der Waals surface area contributed by atoms with Crippen molar-refractivity contribution >= 4 is 23.4 Å². The van der Waals surface area contributed by atoms with E-state index in [9.17, 15) is 14.4 Å². The minimum Gasteiger partial charge on any atom is -0.351 e. The molecule has 0 aliphatic carbocycles. The van der Waals surface area contributed by atoms with E-state index in [0.717, 1.165) is 11.1 Å². The first-order chi connectivity index (χ1) is 15.9. The summed E-state index contributed by atoms with van der Waals surface area (Å²) in [6.45, 7) is 6.01. The molecule has 1 aliphatic heterocycles. The summed E-state index contributed by atoms with van der Waals surface area (Å²) in [4.78, 5) is 41.4. The third-order valence-corrected chi connectivity index (χ3v) is 6.04. The van der Waals surface area contributed by atoms with Crippen LogP contribution in [0.2, 0.25) is 0 Å². The number of hydrogen-bond donors (Lipinski definition) is 3. The Balaban J connectivity index is 1.96. The number of rotatable bonds is 8. The van der Waals surface area contributed by atoms with Gasteiger partial charge in [0, 0.05) is 18.7 Å². The predicted octanol–water partition coefficient (Wildman–Crippen LogP) is 2.49. The van der Waals surface area contributed by atoms with Gasteiger partial charge in [0.2, 0.25) is 11.8 Å². The van der Waals surface area contributed by atoms with Crippen LogP contribution in [0.5, 0.6) is 0 Å². The zero-order chi connectivity index (χ0) is 24.0. The monoisotopic (exact) mass is 448 g/mol. The molecule has 0 radical (unpaired) electrons. The average molecular weight is 449 g/mol. The second-order valence-corrected chi connectivity index (χ2v) is 8.27. The quantitative estimate of drug-likeness (QED) is 0.541. The lowest BCUT2D eigenvalue weighted by atomic mass is 10.0. The Morgan fingerprint density at radius 3 is 2.42 bits per heavy atom. The van der Waals surface area contributed by atoms with Gasteiger partial charge in [-0.2, -0.15) is 0 Å². The Morgan fingerprint density at radius 1 is 1.09 bits per heavy atom. The number of likely N-dealkylation sites (N-methyl/N-ethyl adjacent to an activating group) is 1. The van der Waals surface area contributed by atoms with Gasteiger partial charge in [-0.25, -0.2) is 0 Å². The van der Waals surface area contributed by atoms with Gasteiger partial charge in [-0.05, 0) is 45.0 Å². The smallest absolute Gasteiger partial charge is 0.254 e. The minimum atomic E-state index is -0.923. The third-order valence-electron chi connectivity index (χ3n) is 6.04. The van der Waals surface area contributed by atoms with E-state index in [2.05, 4.69) is 16.0 Å². The lowest BCUT2D eigenvalue weighted by molar-refractivity contribution is -0.130. The van der Waals surface area contributed by atoms with E-state index < -0.39 is 18.1 Å². The molecule has 174 valence electrons. The summed E-state index contributed by atoms with van der Waals surface area (Å²) in [6.07, 6.45) is 2.36. The van der Waals surface area contributed by atoms with Crippen molar-refractivity contribution in [1.82, 2.24) is 16.0 Å². The molecule has 0 spiro atoms. The number of nitrogens with zero attached hydrogens (tertiary/aromatic N) is 1. The summed E-state index contributed by atoms with van der Waals surface area (Å²) in [7, 11) is 1.69. The second kappa shape index (κ2) is 10.9. The summed E-state index contributed by atoms with van der Waals surface area (Å²) < 4.78 is 0. The number of benzene rings is 2. The number of carbonyl (C=O) groups is 3. The molecule has 2 aromatic carbocycles. The van der Waals surface area contributed by atoms with Crippen molar-refractivity contribution in [3.63, 3.8) is 0 Å². The number of hydrogen-bond acceptors (Lipinski definition) is 4. The fraction of sp³-hybridized carbons (Fsp3) is 0.346. The van der Waals surface area contributed by atoms with Crippen LogP contribution in [0.1, 0.15) is 37.9 Å². The van der Waals surface area contributed by atoms with Gasteiger partial charge in [0.25, 0.3) is 5.91 Å². The fourth-order valence-corrected chi connectivity index (χ4v) is 3.79. The number of nitrogens with one attached hydrogen (secondary N) is 3. The molecule has 3 atom stereocenters. The van der Waals surface area contributed by atoms with Gasteiger partial charge in [-0.1, -0.05) is 60.2 Å². The molecule has 3 amide bonds. The van der Waals surface area contributed by atoms with Crippen molar-refractivity contribution in [3.8, 4) is 0 Å². The molecular formula is C26H32N4O3. The Morgan fingerprint density at radius 2 is 1.76 bits per heavy atom. The topological polar surface area (TPSA) is 90.5 Å². The number of carbonyl (C=O) groups excluding carboxylic acids is 3. The lowest BCUT2D eigenvalue weighted by Crippen LogP contribution is -2.53. The first-order valence-corrected chi connectivity index (χ1v) is 11.2. The summed E-state index contributed by atoms with van der Waals surface area (Å²) >= 11 is 0. The predicted molar refractivity (Wildman–Crippen MR) is 130 cm³/mol. The van der Waals surface area contributed by atoms with Crippen molar-refractivity contribution in [2.75, 3.05) is 18.5 Å². The van der Waals surface area contributed by atoms with Crippen molar-refractivity contribution in [1.29, 1.82) is 0 Å². The first-order valence-electron chi connectivity index (χ1n) is 11.2. The molecule has 3 rings (SSSR count). The van der Waals surface area contributed by atoms with Gasteiger partial charge in [0.1, 0.15) is 12.1 Å². The molecule has 1 heterocycles. The maximum Gasteiger partial charge on any atom is 0.254 e. The molecule has 0 saturated carbocycles. The fourth-order valence-electron chi connectivity index (χ4n) is 3.79. The number of anilines is 1. The van der Waals surface area contributed by atoms with E-state index >= 15 is 0 Å². The summed E-state index contributed by atoms with van der Waals surface area (Å²) in [5, 5.41) is 8.72. The maximum absolute atomic E-state index is 14.0. The van der Waals surface area contributed by atoms with E-state index in [4.69, 9.17) is 0 Å². The van der Waals surface area contributed by atoms with Crippen LogP contribution >= 0.6 is 0 Å². The standard InChI is InChI=1S/C26H32N4O3/c1-5-17(2)16-28-25(32)22-15-20-13-9-10-14-21(20)30(22)26(33)23(19-11-7-6-8-12-19)29-24(31)18(3)27-4/h5-14,18,22-23,27H,15-16H2,1-4H3,(H,28,32)(H,29,31)/b17-5+/t18-,22-,23-/m0/s1. The van der Waals surface area contributed by atoms with Gasteiger partial charge in [-0.3, -0.25) is 19.3 Å². The van der Waals surface area contributed by atoms with Crippen LogP contribution in [-0.4, -0.2) is 43.4 Å². The van der Waals surface area contributed by atoms with Crippen LogP contribution in [0.4, 0.5) is 5.69 Å². The molecule has 0 fully saturated rings. The third kappa shape index (κ3) is 5.49. The van der Waals surface area contributed by atoms with E-state index in [1.165, 1.54) is 4.90 Å². The number of fused-ring (bicyclic) bond motifs is 1. The average Bonchev–Trinajstić information content (AvgIpc) is 3.24. The van der Waals surface area contributed by atoms with Crippen molar-refractivity contribution in [2.24, 2.45) is 0 Å². The Hall–Kier alpha value is -3.45. The van der Waals surface area contributed by atoms with Crippen molar-refractivity contribution < 1.29 is 14.4 Å². The van der Waals surface area contributed by atoms with Gasteiger partial charge in [-0.15, -0.1) is 0 Å². The Labute approximate surface area is 195 Å². The highest BCUT2D eigenvalue weighted by atomic mass is 16.2. The molecular weight excluding hydrogens is 416 g/mol. The van der Waals surface area contributed by atoms with Crippen molar-refractivity contribution in [3.05, 3.63) is 77.4 Å². The second-order valence-electron chi connectivity index (χ2n) is 8.27. The van der Waals surface area contributed by atoms with Crippen LogP contribution in [0, 0.1) is 0 Å². The first kappa shape index (κ1) is 24.2. The highest BCUT2D eigenvalue weighted by Gasteiger charge is 2.41. The van der Waals surface area contributed by atoms with E-state index in [1.807, 2.05) is 62.4 Å². The normalized spacial score (nSPS) is 17.2. The van der Waals surface area contributed by atoms with Gasteiger partial charge in [0.15, 0.2) is 0 Å². The molecule has 0 saturated heterocycles. The zero-order valence-corrected chi connectivity index (χ0v) is 19.6. The van der Waals surface area contributed by atoms with Gasteiger partial charge < -0.3 is 16.0 Å². The number of amides is 3. The lowest BCUT2D eigenvalue weighted by Gasteiger charge is -2.30. The summed E-state index contributed by atoms with van der Waals surface area (Å²) in [5.74, 6) is -0.856. The Kier molecular flexibility index (Phi) is 8.01. The molecule has 7 nitrogen and oxygen atoms in total. The van der Waals surface area contributed by atoms with Crippen LogP contribution in [0.3, 0.4) is 0 Å². The molecule has 3 N–H and O–H groups in total. The van der Waals surface area contributed by atoms with Crippen LogP contribution < -0.4 is 20.9 Å². The molecule has 7 heteroatoms. The summed E-state index contributed by atoms with van der Waals surface area (Å²) in [6, 6.07) is 14.6.